The van der Waals surface area contributed by atoms with E-state index in [2.05, 4.69) is 25.9 Å². The lowest BCUT2D eigenvalue weighted by Crippen LogP contribution is -2.49. The second-order valence-corrected chi connectivity index (χ2v) is 9.06. The first-order valence-electron chi connectivity index (χ1n) is 11.5. The summed E-state index contributed by atoms with van der Waals surface area (Å²) in [5.74, 6) is -2.36. The minimum absolute atomic E-state index is 0.159. The molecular formula is C25H28FN5O5S. The molecule has 10 nitrogen and oxygen atoms in total. The Bertz CT molecular complexity index is 1250. The highest BCUT2D eigenvalue weighted by atomic mass is 32.1. The molecule has 0 radical (unpaired) electrons. The maximum atomic E-state index is 13.9. The maximum absolute atomic E-state index is 13.9. The third-order valence-corrected chi connectivity index (χ3v) is 6.33. The topological polar surface area (TPSA) is 143 Å². The zero-order valence-electron chi connectivity index (χ0n) is 20.6. The van der Waals surface area contributed by atoms with Crippen LogP contribution in [0.25, 0.3) is 0 Å². The molecule has 2 aromatic heterocycles. The van der Waals surface area contributed by atoms with Crippen LogP contribution >= 0.6 is 11.3 Å². The molecule has 2 heterocycles. The standard InChI is InChI=1S/C25H28FN5O5S/c1-14-20(23(34)31-17(24(35)36-3)13-28-22(33)19-10-6-12-37-19)15(2)30-25(29-14)27-11-5-8-16-7-4-9-18(32)21(16)26/h4,6-7,9-10,12,17,32H,5,8,11,13H2,1-3H3,(H,28,33)(H,31,34)(H,27,29,30). The summed E-state index contributed by atoms with van der Waals surface area (Å²) in [5, 5.41) is 19.5. The molecular weight excluding hydrogens is 501 g/mol. The Morgan fingerprint density at radius 2 is 1.84 bits per heavy atom. The number of benzene rings is 1. The SMILES string of the molecule is COC(=O)C(CNC(=O)c1cccs1)NC(=O)c1c(C)nc(NCCCc2cccc(O)c2F)nc1C. The summed E-state index contributed by atoms with van der Waals surface area (Å²) in [6.07, 6.45) is 0.964. The van der Waals surface area contributed by atoms with Gasteiger partial charge in [0.15, 0.2) is 11.6 Å². The van der Waals surface area contributed by atoms with Crippen molar-refractivity contribution in [1.29, 1.82) is 0 Å². The number of rotatable bonds is 11. The Morgan fingerprint density at radius 1 is 1.11 bits per heavy atom. The number of thiophene rings is 1. The molecule has 3 aromatic rings. The highest BCUT2D eigenvalue weighted by molar-refractivity contribution is 7.12. The number of anilines is 1. The van der Waals surface area contributed by atoms with Crippen molar-refractivity contribution in [2.45, 2.75) is 32.7 Å². The van der Waals surface area contributed by atoms with E-state index in [4.69, 9.17) is 4.74 Å². The predicted octanol–water partition coefficient (Wildman–Crippen LogP) is 2.75. The van der Waals surface area contributed by atoms with Crippen LogP contribution in [-0.4, -0.2) is 59.1 Å². The molecule has 0 spiro atoms. The van der Waals surface area contributed by atoms with Gasteiger partial charge in [0.1, 0.15) is 6.04 Å². The Kier molecular flexibility index (Phi) is 9.50. The van der Waals surface area contributed by atoms with Crippen molar-refractivity contribution in [3.8, 4) is 5.75 Å². The highest BCUT2D eigenvalue weighted by Gasteiger charge is 2.26. The fraction of sp³-hybridized carbons (Fsp3) is 0.320. The molecule has 12 heteroatoms. The Balaban J connectivity index is 1.60. The largest absolute Gasteiger partial charge is 0.505 e. The lowest BCUT2D eigenvalue weighted by Gasteiger charge is -2.18. The van der Waals surface area contributed by atoms with Gasteiger partial charge in [-0.25, -0.2) is 19.2 Å². The molecule has 37 heavy (non-hydrogen) atoms. The Morgan fingerprint density at radius 3 is 2.49 bits per heavy atom. The maximum Gasteiger partial charge on any atom is 0.330 e. The number of halogens is 1. The minimum atomic E-state index is -1.11. The first kappa shape index (κ1) is 27.5. The van der Waals surface area contributed by atoms with E-state index in [1.807, 2.05) is 0 Å². The lowest BCUT2D eigenvalue weighted by atomic mass is 10.1. The minimum Gasteiger partial charge on any atom is -0.505 e. The van der Waals surface area contributed by atoms with E-state index >= 15 is 0 Å². The molecule has 1 atom stereocenters. The van der Waals surface area contributed by atoms with E-state index in [0.29, 0.717) is 47.2 Å². The summed E-state index contributed by atoms with van der Waals surface area (Å²) >= 11 is 1.25. The molecule has 0 aliphatic rings. The molecule has 1 unspecified atom stereocenters. The van der Waals surface area contributed by atoms with Crippen LogP contribution in [0.4, 0.5) is 10.3 Å². The van der Waals surface area contributed by atoms with Crippen molar-refractivity contribution in [3.05, 3.63) is 68.9 Å². The number of carbonyl (C=O) groups is 3. The van der Waals surface area contributed by atoms with Crippen LogP contribution in [-0.2, 0) is 16.0 Å². The van der Waals surface area contributed by atoms with Crippen LogP contribution in [0.5, 0.6) is 5.75 Å². The number of hydrogen-bond donors (Lipinski definition) is 4. The third-order valence-electron chi connectivity index (χ3n) is 5.46. The fourth-order valence-corrected chi connectivity index (χ4v) is 4.26. The second-order valence-electron chi connectivity index (χ2n) is 8.11. The van der Waals surface area contributed by atoms with Gasteiger partial charge in [-0.15, -0.1) is 11.3 Å². The summed E-state index contributed by atoms with van der Waals surface area (Å²) < 4.78 is 18.7. The number of aromatic nitrogens is 2. The average molecular weight is 530 g/mol. The number of ether oxygens (including phenoxy) is 1. The number of hydrogen-bond acceptors (Lipinski definition) is 9. The number of methoxy groups -OCH3 is 1. The molecule has 1 aromatic carbocycles. The van der Waals surface area contributed by atoms with Gasteiger partial charge in [0, 0.05) is 13.1 Å². The zero-order chi connectivity index (χ0) is 26.9. The van der Waals surface area contributed by atoms with Gasteiger partial charge in [-0.05, 0) is 49.8 Å². The van der Waals surface area contributed by atoms with E-state index in [0.717, 1.165) is 0 Å². The van der Waals surface area contributed by atoms with Gasteiger partial charge in [0.05, 0.1) is 28.9 Å². The summed E-state index contributed by atoms with van der Waals surface area (Å²) in [6, 6.07) is 6.76. The van der Waals surface area contributed by atoms with Gasteiger partial charge >= 0.3 is 5.97 Å². The molecule has 0 fully saturated rings. The van der Waals surface area contributed by atoms with Crippen LogP contribution in [0.15, 0.2) is 35.7 Å². The highest BCUT2D eigenvalue weighted by Crippen LogP contribution is 2.20. The van der Waals surface area contributed by atoms with E-state index in [-0.39, 0.29) is 23.8 Å². The summed E-state index contributed by atoms with van der Waals surface area (Å²) in [6.45, 7) is 3.56. The van der Waals surface area contributed by atoms with Crippen LogP contribution in [0.1, 0.15) is 43.4 Å². The first-order chi connectivity index (χ1) is 17.7. The number of carbonyl (C=O) groups excluding carboxylic acids is 3. The van der Waals surface area contributed by atoms with E-state index < -0.39 is 23.7 Å². The molecule has 0 bridgehead atoms. The number of aromatic hydroxyl groups is 1. The van der Waals surface area contributed by atoms with Crippen LogP contribution in [0.3, 0.4) is 0 Å². The molecule has 196 valence electrons. The summed E-state index contributed by atoms with van der Waals surface area (Å²) in [5.41, 5.74) is 1.38. The normalized spacial score (nSPS) is 11.5. The summed E-state index contributed by atoms with van der Waals surface area (Å²) in [4.78, 5) is 46.6. The van der Waals surface area contributed by atoms with Crippen LogP contribution < -0.4 is 16.0 Å². The first-order valence-corrected chi connectivity index (χ1v) is 12.3. The molecule has 4 N–H and O–H groups in total. The van der Waals surface area contributed by atoms with Gasteiger partial charge in [-0.1, -0.05) is 18.2 Å². The number of phenols is 1. The monoisotopic (exact) mass is 529 g/mol. The molecule has 3 rings (SSSR count). The predicted molar refractivity (Wildman–Crippen MR) is 136 cm³/mol. The fourth-order valence-electron chi connectivity index (χ4n) is 3.62. The van der Waals surface area contributed by atoms with E-state index in [1.54, 1.807) is 43.5 Å². The number of esters is 1. The molecule has 0 saturated carbocycles. The van der Waals surface area contributed by atoms with Gasteiger partial charge in [0.25, 0.3) is 11.8 Å². The van der Waals surface area contributed by atoms with E-state index in [1.165, 1.54) is 24.5 Å². The smallest absolute Gasteiger partial charge is 0.330 e. The molecule has 0 aliphatic carbocycles. The van der Waals surface area contributed by atoms with Gasteiger partial charge < -0.3 is 25.8 Å². The van der Waals surface area contributed by atoms with Crippen molar-refractivity contribution in [1.82, 2.24) is 20.6 Å². The third kappa shape index (κ3) is 7.23. The Hall–Kier alpha value is -4.06. The number of nitrogens with one attached hydrogen (secondary N) is 3. The average Bonchev–Trinajstić information content (AvgIpc) is 3.41. The molecule has 0 saturated heterocycles. The van der Waals surface area contributed by atoms with Gasteiger partial charge in [-0.2, -0.15) is 0 Å². The summed E-state index contributed by atoms with van der Waals surface area (Å²) in [7, 11) is 1.19. The van der Waals surface area contributed by atoms with Crippen molar-refractivity contribution in [3.63, 3.8) is 0 Å². The number of phenolic OH excluding ortho intramolecular Hbond substituents is 1. The van der Waals surface area contributed by atoms with Crippen molar-refractivity contribution >= 4 is 35.1 Å². The quantitative estimate of drug-likeness (QED) is 0.219. The number of amides is 2. The molecule has 0 aliphatic heterocycles. The van der Waals surface area contributed by atoms with Crippen molar-refractivity contribution in [2.75, 3.05) is 25.5 Å². The van der Waals surface area contributed by atoms with Crippen LogP contribution in [0, 0.1) is 19.7 Å². The lowest BCUT2D eigenvalue weighted by molar-refractivity contribution is -0.142. The van der Waals surface area contributed by atoms with Crippen molar-refractivity contribution < 1.29 is 28.6 Å². The second kappa shape index (κ2) is 12.8. The van der Waals surface area contributed by atoms with Gasteiger partial charge in [0.2, 0.25) is 5.95 Å². The van der Waals surface area contributed by atoms with Crippen LogP contribution in [0.2, 0.25) is 0 Å². The van der Waals surface area contributed by atoms with E-state index in [9.17, 15) is 23.9 Å². The molecule has 2 amide bonds. The zero-order valence-corrected chi connectivity index (χ0v) is 21.4. The number of nitrogens with zero attached hydrogens (tertiary/aromatic N) is 2. The van der Waals surface area contributed by atoms with Crippen molar-refractivity contribution in [2.24, 2.45) is 0 Å². The Labute approximate surface area is 217 Å². The number of aryl methyl sites for hydroxylation is 3. The van der Waals surface area contributed by atoms with Gasteiger partial charge in [-0.3, -0.25) is 9.59 Å².